The van der Waals surface area contributed by atoms with Crippen LogP contribution >= 0.6 is 0 Å². The number of hydrogen-bond donors (Lipinski definition) is 2. The lowest BCUT2D eigenvalue weighted by molar-refractivity contribution is -0.132. The molecule has 19 heteroatoms. The number of nitrogens with one attached hydrogen (secondary N) is 2. The first-order chi connectivity index (χ1) is 39.3. The van der Waals surface area contributed by atoms with Crippen LogP contribution in [0.2, 0.25) is 0 Å². The predicted octanol–water partition coefficient (Wildman–Crippen LogP) is 7.25. The van der Waals surface area contributed by atoms with Crippen molar-refractivity contribution in [1.82, 2.24) is 15.2 Å². The van der Waals surface area contributed by atoms with Crippen LogP contribution in [0.25, 0.3) is 11.3 Å². The van der Waals surface area contributed by atoms with E-state index in [9.17, 15) is 14.4 Å². The number of carbonyl (C=O) groups is 3. The SMILES string of the molecule is CCN(CC)c1ccc(NC(=O)c2cccc(CCCOCCOCCOCCOCCC(=O)N(C)CCOCCOCCOCCOCCOCCOCCOC)c2)c(-c2cc(C(=O)N[C@H]3CCCc4ccccc43)ccn2)c1. The van der Waals surface area contributed by atoms with Crippen molar-refractivity contribution in [2.45, 2.75) is 58.4 Å². The number of pyridine rings is 1. The number of carbonyl (C=O) groups excluding carboxylic acids is 3. The van der Waals surface area contributed by atoms with Crippen LogP contribution in [0.4, 0.5) is 11.4 Å². The highest BCUT2D eigenvalue weighted by atomic mass is 16.6. The Morgan fingerprint density at radius 2 is 1.15 bits per heavy atom. The number of aryl methyl sites for hydroxylation is 2. The minimum absolute atomic E-state index is 0.0152. The molecule has 1 heterocycles. The Morgan fingerprint density at radius 1 is 0.588 bits per heavy atom. The van der Waals surface area contributed by atoms with Gasteiger partial charge in [-0.3, -0.25) is 19.4 Å². The molecule has 442 valence electrons. The molecule has 1 aliphatic carbocycles. The van der Waals surface area contributed by atoms with Crippen LogP contribution in [-0.2, 0) is 69.7 Å². The normalized spacial score (nSPS) is 13.0. The van der Waals surface area contributed by atoms with Gasteiger partial charge in [-0.05, 0) is 105 Å². The van der Waals surface area contributed by atoms with Gasteiger partial charge in [0.25, 0.3) is 11.8 Å². The lowest BCUT2D eigenvalue weighted by atomic mass is 9.87. The number of nitrogens with zero attached hydrogens (tertiary/aromatic N) is 3. The molecule has 80 heavy (non-hydrogen) atoms. The van der Waals surface area contributed by atoms with Gasteiger partial charge in [0.2, 0.25) is 5.91 Å². The maximum absolute atomic E-state index is 13.8. The maximum Gasteiger partial charge on any atom is 0.255 e. The zero-order valence-corrected chi connectivity index (χ0v) is 47.9. The molecule has 0 radical (unpaired) electrons. The van der Waals surface area contributed by atoms with Crippen LogP contribution < -0.4 is 15.5 Å². The average Bonchev–Trinajstić information content (AvgIpc) is 3.48. The van der Waals surface area contributed by atoms with E-state index in [-0.39, 0.29) is 30.2 Å². The lowest BCUT2D eigenvalue weighted by Gasteiger charge is -2.26. The third-order valence-corrected chi connectivity index (χ3v) is 13.2. The minimum atomic E-state index is -0.237. The Kier molecular flexibility index (Phi) is 33.3. The molecular weight excluding hydrogens is 1030 g/mol. The largest absolute Gasteiger partial charge is 0.382 e. The monoisotopic (exact) mass is 1120 g/mol. The topological polar surface area (TPSA) is 196 Å². The second kappa shape index (κ2) is 40.7. The summed E-state index contributed by atoms with van der Waals surface area (Å²) in [5.41, 5.74) is 7.47. The van der Waals surface area contributed by atoms with E-state index in [1.54, 1.807) is 31.3 Å². The molecule has 0 saturated carbocycles. The average molecular weight is 1120 g/mol. The van der Waals surface area contributed by atoms with Crippen molar-refractivity contribution >= 4 is 29.1 Å². The zero-order valence-electron chi connectivity index (χ0n) is 47.9. The molecular formula is C61H89N5O14. The van der Waals surface area contributed by atoms with Crippen molar-refractivity contribution in [2.24, 2.45) is 0 Å². The van der Waals surface area contributed by atoms with Gasteiger partial charge in [0.05, 0.1) is 156 Å². The van der Waals surface area contributed by atoms with Gasteiger partial charge in [-0.1, -0.05) is 36.4 Å². The van der Waals surface area contributed by atoms with E-state index in [1.165, 1.54) is 11.1 Å². The number of aromatic nitrogens is 1. The van der Waals surface area contributed by atoms with Gasteiger partial charge in [0, 0.05) is 69.0 Å². The van der Waals surface area contributed by atoms with Crippen LogP contribution in [0.1, 0.15) is 83.0 Å². The van der Waals surface area contributed by atoms with E-state index in [4.69, 9.17) is 57.1 Å². The molecule has 1 aromatic heterocycles. The Labute approximate surface area is 474 Å². The summed E-state index contributed by atoms with van der Waals surface area (Å²) < 4.78 is 60.4. The Bertz CT molecular complexity index is 2340. The first kappa shape index (κ1) is 65.4. The van der Waals surface area contributed by atoms with Gasteiger partial charge < -0.3 is 72.5 Å². The standard InChI is InChI=1S/C61H89N5O14/c1-5-66(6-2)53-19-20-57(55(48-53)58-47-52(21-23-62-58)61(69)63-56-18-10-15-50-14-7-8-17-54(50)56)64-60(68)51-16-9-12-49(46-51)13-11-25-71-30-33-75-38-39-76-34-31-72-26-22-59(67)65(3)24-27-73-32-35-77-40-41-79-44-45-80-43-42-78-37-36-74-29-28-70-4/h7-9,12,14,16-17,19-21,23,46-48,56H,5-6,10-11,13,15,18,22,24-45H2,1-4H3,(H,63,69)(H,64,68)/t56-/m0/s1. The Hall–Kier alpha value is -5.42. The van der Waals surface area contributed by atoms with Crippen molar-refractivity contribution < 1.29 is 66.5 Å². The molecule has 3 aromatic carbocycles. The smallest absolute Gasteiger partial charge is 0.255 e. The summed E-state index contributed by atoms with van der Waals surface area (Å²) in [6, 6.07) is 25.4. The summed E-state index contributed by atoms with van der Waals surface area (Å²) in [7, 11) is 3.39. The van der Waals surface area contributed by atoms with Crippen LogP contribution in [0.15, 0.2) is 85.1 Å². The number of ether oxygens (including phenoxy) is 11. The molecule has 1 atom stereocenters. The third kappa shape index (κ3) is 25.6. The molecule has 0 aliphatic heterocycles. The molecule has 19 nitrogen and oxygen atoms in total. The molecule has 0 bridgehead atoms. The highest BCUT2D eigenvalue weighted by Crippen LogP contribution is 2.33. The second-order valence-electron chi connectivity index (χ2n) is 18.9. The van der Waals surface area contributed by atoms with E-state index in [0.717, 1.165) is 62.0 Å². The number of fused-ring (bicyclic) bond motifs is 1. The van der Waals surface area contributed by atoms with Gasteiger partial charge in [0.15, 0.2) is 0 Å². The van der Waals surface area contributed by atoms with E-state index in [1.807, 2.05) is 54.6 Å². The minimum Gasteiger partial charge on any atom is -0.382 e. The number of rotatable bonds is 45. The molecule has 3 amide bonds. The fourth-order valence-electron chi connectivity index (χ4n) is 8.73. The fourth-order valence-corrected chi connectivity index (χ4v) is 8.73. The van der Waals surface area contributed by atoms with Crippen LogP contribution in [0.3, 0.4) is 0 Å². The highest BCUT2D eigenvalue weighted by molar-refractivity contribution is 6.06. The van der Waals surface area contributed by atoms with Crippen molar-refractivity contribution in [3.05, 3.63) is 113 Å². The van der Waals surface area contributed by atoms with Crippen LogP contribution in [0, 0.1) is 0 Å². The van der Waals surface area contributed by atoms with Gasteiger partial charge in [-0.25, -0.2) is 0 Å². The molecule has 0 unspecified atom stereocenters. The summed E-state index contributed by atoms with van der Waals surface area (Å²) in [5.74, 6) is -0.408. The molecule has 0 fully saturated rings. The fraction of sp³-hybridized carbons (Fsp3) is 0.574. The first-order valence-electron chi connectivity index (χ1n) is 28.5. The molecule has 5 rings (SSSR count). The molecule has 2 N–H and O–H groups in total. The maximum atomic E-state index is 13.8. The van der Waals surface area contributed by atoms with Crippen molar-refractivity contribution in [3.8, 4) is 11.3 Å². The quantitative estimate of drug-likeness (QED) is 0.0420. The Balaban J connectivity index is 0.858. The zero-order chi connectivity index (χ0) is 56.7. The lowest BCUT2D eigenvalue weighted by Crippen LogP contribution is -2.31. The first-order valence-corrected chi connectivity index (χ1v) is 28.5. The summed E-state index contributed by atoms with van der Waals surface area (Å²) in [4.78, 5) is 48.6. The molecule has 1 aliphatic rings. The van der Waals surface area contributed by atoms with E-state index in [2.05, 4.69) is 47.6 Å². The number of anilines is 2. The number of benzene rings is 3. The van der Waals surface area contributed by atoms with Crippen LogP contribution in [0.5, 0.6) is 0 Å². The summed E-state index contributed by atoms with van der Waals surface area (Å²) in [6.07, 6.45) is 6.38. The summed E-state index contributed by atoms with van der Waals surface area (Å²) in [5, 5.41) is 6.42. The third-order valence-electron chi connectivity index (χ3n) is 13.2. The summed E-state index contributed by atoms with van der Waals surface area (Å²) in [6.45, 7) is 16.2. The Morgan fingerprint density at radius 3 is 1.76 bits per heavy atom. The molecule has 0 saturated heterocycles. The van der Waals surface area contributed by atoms with Crippen molar-refractivity contribution in [1.29, 1.82) is 0 Å². The predicted molar refractivity (Wildman–Crippen MR) is 308 cm³/mol. The second-order valence-corrected chi connectivity index (χ2v) is 18.9. The van der Waals surface area contributed by atoms with Crippen molar-refractivity contribution in [3.63, 3.8) is 0 Å². The van der Waals surface area contributed by atoms with E-state index < -0.39 is 0 Å². The van der Waals surface area contributed by atoms with Gasteiger partial charge in [0.1, 0.15) is 0 Å². The molecule has 0 spiro atoms. The number of likely N-dealkylation sites (N-methyl/N-ethyl adjacent to an activating group) is 1. The van der Waals surface area contributed by atoms with Crippen LogP contribution in [-0.4, -0.2) is 200 Å². The van der Waals surface area contributed by atoms with Crippen molar-refractivity contribution in [2.75, 3.05) is 183 Å². The summed E-state index contributed by atoms with van der Waals surface area (Å²) >= 11 is 0. The van der Waals surface area contributed by atoms with Gasteiger partial charge in [-0.2, -0.15) is 0 Å². The number of amides is 3. The van der Waals surface area contributed by atoms with Gasteiger partial charge in [-0.15, -0.1) is 0 Å². The van der Waals surface area contributed by atoms with E-state index >= 15 is 0 Å². The van der Waals surface area contributed by atoms with Gasteiger partial charge >= 0.3 is 0 Å². The van der Waals surface area contributed by atoms with E-state index in [0.29, 0.717) is 168 Å². The number of methoxy groups -OCH3 is 1. The number of hydrogen-bond acceptors (Lipinski definition) is 16. The molecule has 4 aromatic rings. The highest BCUT2D eigenvalue weighted by Gasteiger charge is 2.23.